The Hall–Kier alpha value is -1.59. The van der Waals surface area contributed by atoms with Gasteiger partial charge in [0.2, 0.25) is 0 Å². The van der Waals surface area contributed by atoms with Gasteiger partial charge in [0, 0.05) is 6.42 Å². The smallest absolute Gasteiger partial charge is 0.306 e. The van der Waals surface area contributed by atoms with Gasteiger partial charge in [-0.2, -0.15) is 0 Å². The van der Waals surface area contributed by atoms with Crippen molar-refractivity contribution >= 4 is 5.97 Å². The van der Waals surface area contributed by atoms with Gasteiger partial charge in [-0.25, -0.2) is 0 Å². The monoisotopic (exact) mass is 278 g/mol. The number of epoxide rings is 2. The Labute approximate surface area is 117 Å². The summed E-state index contributed by atoms with van der Waals surface area (Å²) in [7, 11) is 0. The normalized spacial score (nSPS) is 23.2. The molecule has 1 aromatic rings. The van der Waals surface area contributed by atoms with Crippen molar-refractivity contribution in [1.82, 2.24) is 0 Å². The number of carbonyl (C=O) groups is 1. The topological polar surface area (TPSA) is 60.6 Å². The van der Waals surface area contributed by atoms with E-state index in [-0.39, 0.29) is 18.2 Å². The maximum atomic E-state index is 11.5. The zero-order valence-corrected chi connectivity index (χ0v) is 11.2. The van der Waals surface area contributed by atoms with E-state index < -0.39 is 0 Å². The Kier molecular flexibility index (Phi) is 4.18. The standard InChI is InChI=1S/C15H18O5/c16-15(20-10-14-9-19-14)6-3-11-1-4-12(5-2-11)17-7-13-8-18-13/h1-2,4-5,13-14H,3,6-10H2. The quantitative estimate of drug-likeness (QED) is 0.530. The van der Waals surface area contributed by atoms with Crippen molar-refractivity contribution in [2.24, 2.45) is 0 Å². The predicted octanol–water partition coefficient (Wildman–Crippen LogP) is 1.34. The minimum Gasteiger partial charge on any atom is -0.491 e. The van der Waals surface area contributed by atoms with Gasteiger partial charge in [-0.15, -0.1) is 0 Å². The van der Waals surface area contributed by atoms with Crippen LogP contribution in [0.25, 0.3) is 0 Å². The van der Waals surface area contributed by atoms with E-state index in [1.807, 2.05) is 24.3 Å². The summed E-state index contributed by atoms with van der Waals surface area (Å²) in [5.41, 5.74) is 1.10. The van der Waals surface area contributed by atoms with Gasteiger partial charge in [0.15, 0.2) is 0 Å². The van der Waals surface area contributed by atoms with Crippen LogP contribution in [0.15, 0.2) is 24.3 Å². The zero-order valence-electron chi connectivity index (χ0n) is 11.2. The molecule has 2 atom stereocenters. The number of carbonyl (C=O) groups excluding carboxylic acids is 1. The summed E-state index contributed by atoms with van der Waals surface area (Å²) in [6.07, 6.45) is 1.46. The van der Waals surface area contributed by atoms with Crippen molar-refractivity contribution in [3.05, 3.63) is 29.8 Å². The second-order valence-electron chi connectivity index (χ2n) is 5.05. The van der Waals surface area contributed by atoms with Crippen LogP contribution in [0.1, 0.15) is 12.0 Å². The summed E-state index contributed by atoms with van der Waals surface area (Å²) in [6.45, 7) is 2.50. The van der Waals surface area contributed by atoms with E-state index in [0.717, 1.165) is 17.9 Å². The molecule has 2 saturated heterocycles. The third-order valence-electron chi connectivity index (χ3n) is 3.21. The minimum absolute atomic E-state index is 0.130. The van der Waals surface area contributed by atoms with E-state index in [0.29, 0.717) is 32.7 Å². The lowest BCUT2D eigenvalue weighted by molar-refractivity contribution is -0.144. The molecule has 2 heterocycles. The van der Waals surface area contributed by atoms with Crippen molar-refractivity contribution < 1.29 is 23.7 Å². The van der Waals surface area contributed by atoms with Crippen LogP contribution >= 0.6 is 0 Å². The number of esters is 1. The molecule has 0 bridgehead atoms. The molecule has 2 aliphatic rings. The fourth-order valence-corrected chi connectivity index (χ4v) is 1.77. The molecule has 0 amide bonds. The van der Waals surface area contributed by atoms with Gasteiger partial charge < -0.3 is 18.9 Å². The molecular weight excluding hydrogens is 260 g/mol. The lowest BCUT2D eigenvalue weighted by Gasteiger charge is -2.06. The van der Waals surface area contributed by atoms with E-state index in [9.17, 15) is 4.79 Å². The lowest BCUT2D eigenvalue weighted by Crippen LogP contribution is -2.10. The Bertz CT molecular complexity index is 448. The van der Waals surface area contributed by atoms with Crippen LogP contribution < -0.4 is 4.74 Å². The van der Waals surface area contributed by atoms with Crippen LogP contribution in [0, 0.1) is 0 Å². The number of aryl methyl sites for hydroxylation is 1. The van der Waals surface area contributed by atoms with Crippen LogP contribution in [0.5, 0.6) is 5.75 Å². The number of rotatable bonds is 8. The Morgan fingerprint density at radius 2 is 1.75 bits per heavy atom. The fourth-order valence-electron chi connectivity index (χ4n) is 1.77. The second kappa shape index (κ2) is 6.24. The molecule has 2 unspecified atom stereocenters. The minimum atomic E-state index is -0.174. The van der Waals surface area contributed by atoms with Crippen molar-refractivity contribution in [3.63, 3.8) is 0 Å². The largest absolute Gasteiger partial charge is 0.491 e. The second-order valence-corrected chi connectivity index (χ2v) is 5.05. The fraction of sp³-hybridized carbons (Fsp3) is 0.533. The summed E-state index contributed by atoms with van der Waals surface area (Å²) < 4.78 is 20.7. The van der Waals surface area contributed by atoms with E-state index in [1.165, 1.54) is 0 Å². The summed E-state index contributed by atoms with van der Waals surface area (Å²) in [5, 5.41) is 0. The SMILES string of the molecule is O=C(CCc1ccc(OCC2CO2)cc1)OCC1CO1. The van der Waals surface area contributed by atoms with Crippen molar-refractivity contribution in [2.75, 3.05) is 26.4 Å². The molecule has 0 aromatic heterocycles. The first-order valence-electron chi connectivity index (χ1n) is 6.90. The third-order valence-corrected chi connectivity index (χ3v) is 3.21. The number of ether oxygens (including phenoxy) is 4. The highest BCUT2D eigenvalue weighted by Crippen LogP contribution is 2.17. The van der Waals surface area contributed by atoms with Crippen LogP contribution in [-0.2, 0) is 25.4 Å². The molecule has 5 heteroatoms. The summed E-state index contributed by atoms with van der Waals surface area (Å²) in [6, 6.07) is 7.78. The first-order chi connectivity index (χ1) is 9.79. The Morgan fingerprint density at radius 1 is 1.10 bits per heavy atom. The number of benzene rings is 1. The van der Waals surface area contributed by atoms with Gasteiger partial charge in [-0.3, -0.25) is 4.79 Å². The van der Waals surface area contributed by atoms with Gasteiger partial charge in [0.1, 0.15) is 31.2 Å². The van der Waals surface area contributed by atoms with Gasteiger partial charge >= 0.3 is 5.97 Å². The number of hydrogen-bond acceptors (Lipinski definition) is 5. The van der Waals surface area contributed by atoms with Crippen LogP contribution in [0.2, 0.25) is 0 Å². The van der Waals surface area contributed by atoms with E-state index >= 15 is 0 Å². The van der Waals surface area contributed by atoms with Crippen molar-refractivity contribution in [3.8, 4) is 5.75 Å². The number of hydrogen-bond donors (Lipinski definition) is 0. The van der Waals surface area contributed by atoms with Crippen molar-refractivity contribution in [1.29, 1.82) is 0 Å². The molecule has 2 fully saturated rings. The highest BCUT2D eigenvalue weighted by molar-refractivity contribution is 5.69. The molecule has 108 valence electrons. The first-order valence-corrected chi connectivity index (χ1v) is 6.90. The average molecular weight is 278 g/mol. The maximum absolute atomic E-state index is 11.5. The summed E-state index contributed by atoms with van der Waals surface area (Å²) in [4.78, 5) is 11.5. The van der Waals surface area contributed by atoms with Gasteiger partial charge in [0.25, 0.3) is 0 Å². The van der Waals surface area contributed by atoms with E-state index in [2.05, 4.69) is 0 Å². The van der Waals surface area contributed by atoms with Crippen LogP contribution in [0.3, 0.4) is 0 Å². The molecule has 2 aliphatic heterocycles. The third kappa shape index (κ3) is 4.51. The Morgan fingerprint density at radius 3 is 2.40 bits per heavy atom. The molecule has 1 aromatic carbocycles. The molecule has 0 saturated carbocycles. The highest BCUT2D eigenvalue weighted by atomic mass is 16.6. The maximum Gasteiger partial charge on any atom is 0.306 e. The van der Waals surface area contributed by atoms with Crippen molar-refractivity contribution in [2.45, 2.75) is 25.0 Å². The molecular formula is C15H18O5. The van der Waals surface area contributed by atoms with Crippen LogP contribution in [0.4, 0.5) is 0 Å². The Balaban J connectivity index is 1.36. The highest BCUT2D eigenvalue weighted by Gasteiger charge is 2.24. The molecule has 0 spiro atoms. The summed E-state index contributed by atoms with van der Waals surface area (Å²) in [5.74, 6) is 0.657. The molecule has 20 heavy (non-hydrogen) atoms. The van der Waals surface area contributed by atoms with Gasteiger partial charge in [-0.05, 0) is 24.1 Å². The average Bonchev–Trinajstić information content (AvgIpc) is 3.36. The predicted molar refractivity (Wildman–Crippen MR) is 70.7 cm³/mol. The molecule has 5 nitrogen and oxygen atoms in total. The summed E-state index contributed by atoms with van der Waals surface area (Å²) >= 11 is 0. The lowest BCUT2D eigenvalue weighted by atomic mass is 10.1. The molecule has 0 aliphatic carbocycles. The molecule has 3 rings (SSSR count). The first kappa shape index (κ1) is 13.4. The van der Waals surface area contributed by atoms with Crippen LogP contribution in [-0.4, -0.2) is 44.6 Å². The van der Waals surface area contributed by atoms with E-state index in [1.54, 1.807) is 0 Å². The zero-order chi connectivity index (χ0) is 13.8. The van der Waals surface area contributed by atoms with Gasteiger partial charge in [-0.1, -0.05) is 12.1 Å². The molecule has 0 radical (unpaired) electrons. The van der Waals surface area contributed by atoms with E-state index in [4.69, 9.17) is 18.9 Å². The molecule has 0 N–H and O–H groups in total. The van der Waals surface area contributed by atoms with Gasteiger partial charge in [0.05, 0.1) is 13.2 Å².